The van der Waals surface area contributed by atoms with Crippen LogP contribution in [0.1, 0.15) is 22.7 Å². The number of H-pyrrole nitrogens is 1. The first kappa shape index (κ1) is 25.2. The average molecular weight is 536 g/mol. The number of aliphatic hydroxyl groups is 2. The molecule has 1 aliphatic carbocycles. The number of nitrogens with one attached hydrogen (secondary N) is 2. The van der Waals surface area contributed by atoms with Gasteiger partial charge in [-0.3, -0.25) is 14.4 Å². The number of rotatable bonds is 6. The summed E-state index contributed by atoms with van der Waals surface area (Å²) >= 11 is 4.08. The molecule has 1 unspecified atom stereocenters. The zero-order valence-electron chi connectivity index (χ0n) is 20.0. The van der Waals surface area contributed by atoms with E-state index in [0.717, 1.165) is 5.39 Å². The Morgan fingerprint density at radius 1 is 1.29 bits per heavy atom. The minimum absolute atomic E-state index is 0.0103. The van der Waals surface area contributed by atoms with Crippen LogP contribution in [-0.4, -0.2) is 61.9 Å². The third kappa shape index (κ3) is 5.02. The highest BCUT2D eigenvalue weighted by molar-refractivity contribution is 7.80. The Morgan fingerprint density at radius 2 is 2.11 bits per heavy atom. The van der Waals surface area contributed by atoms with Crippen molar-refractivity contribution in [3.8, 4) is 0 Å². The first-order valence-electron chi connectivity index (χ1n) is 11.8. The molecular formula is C26H25N5O6S. The van der Waals surface area contributed by atoms with Gasteiger partial charge in [-0.2, -0.15) is 0 Å². The minimum atomic E-state index is -1.27. The van der Waals surface area contributed by atoms with E-state index in [4.69, 9.17) is 10.2 Å². The molecule has 4 heterocycles. The van der Waals surface area contributed by atoms with Crippen LogP contribution in [-0.2, 0) is 16.0 Å². The van der Waals surface area contributed by atoms with Gasteiger partial charge in [0.1, 0.15) is 40.6 Å². The summed E-state index contributed by atoms with van der Waals surface area (Å²) in [6.45, 7) is 0.436. The van der Waals surface area contributed by atoms with Gasteiger partial charge in [-0.05, 0) is 54.5 Å². The fourth-order valence-corrected chi connectivity index (χ4v) is 4.81. The third-order valence-corrected chi connectivity index (χ3v) is 6.80. The number of amides is 3. The molecule has 196 valence electrons. The Kier molecular flexibility index (Phi) is 6.72. The number of carbonyl (C=O) groups excluding carboxylic acids is 3. The standard InChI is InChI=1S/C26H25N5O6S/c27-23(34)18(10-15-3-4-22(38)37-15)30-25(35)17-11-21(33)16-5-7-31(12-14(16)9-20(17)32)26(36)19-8-13-2-1-6-28-24(13)29-19/h1-4,6,8-9,11,17-18,32-33,38H,5,7,10,12H2,(H2,27,34)(H,28,29)(H,30,35)/t17?,18-/m0/s1. The number of fused-ring (bicyclic) bond motifs is 1. The Labute approximate surface area is 222 Å². The zero-order valence-corrected chi connectivity index (χ0v) is 20.9. The van der Waals surface area contributed by atoms with Crippen LogP contribution in [0, 0.1) is 5.92 Å². The second-order valence-corrected chi connectivity index (χ2v) is 9.55. The van der Waals surface area contributed by atoms with E-state index < -0.39 is 23.8 Å². The summed E-state index contributed by atoms with van der Waals surface area (Å²) in [7, 11) is 0. The van der Waals surface area contributed by atoms with E-state index in [1.807, 2.05) is 6.07 Å². The van der Waals surface area contributed by atoms with Gasteiger partial charge in [-0.25, -0.2) is 4.98 Å². The maximum Gasteiger partial charge on any atom is 0.270 e. The van der Waals surface area contributed by atoms with Gasteiger partial charge >= 0.3 is 0 Å². The summed E-state index contributed by atoms with van der Waals surface area (Å²) in [6.07, 6.45) is 4.54. The van der Waals surface area contributed by atoms with Crippen molar-refractivity contribution < 1.29 is 29.0 Å². The molecule has 3 amide bonds. The lowest BCUT2D eigenvalue weighted by molar-refractivity contribution is -0.128. The molecule has 6 N–H and O–H groups in total. The van der Waals surface area contributed by atoms with E-state index in [9.17, 15) is 24.6 Å². The number of nitrogens with two attached hydrogens (primary N) is 1. The van der Waals surface area contributed by atoms with E-state index >= 15 is 0 Å². The van der Waals surface area contributed by atoms with E-state index in [2.05, 4.69) is 27.9 Å². The van der Waals surface area contributed by atoms with Crippen molar-refractivity contribution in [3.05, 3.63) is 82.8 Å². The van der Waals surface area contributed by atoms with Crippen molar-refractivity contribution in [1.82, 2.24) is 20.2 Å². The summed E-state index contributed by atoms with van der Waals surface area (Å²) in [5.41, 5.74) is 7.47. The van der Waals surface area contributed by atoms with Crippen molar-refractivity contribution in [2.45, 2.75) is 24.0 Å². The largest absolute Gasteiger partial charge is 0.511 e. The lowest BCUT2D eigenvalue weighted by atomic mass is 9.98. The van der Waals surface area contributed by atoms with E-state index in [-0.39, 0.29) is 30.4 Å². The third-order valence-electron chi connectivity index (χ3n) is 6.56. The van der Waals surface area contributed by atoms with E-state index in [1.54, 1.807) is 35.4 Å². The van der Waals surface area contributed by atoms with Crippen molar-refractivity contribution in [2.75, 3.05) is 13.1 Å². The Hall–Kier alpha value is -4.45. The van der Waals surface area contributed by atoms with Gasteiger partial charge in [0, 0.05) is 36.7 Å². The molecule has 12 heteroatoms. The summed E-state index contributed by atoms with van der Waals surface area (Å²) in [4.78, 5) is 47.0. The van der Waals surface area contributed by atoms with E-state index in [1.165, 1.54) is 12.2 Å². The van der Waals surface area contributed by atoms with Crippen LogP contribution in [0.2, 0.25) is 0 Å². The highest BCUT2D eigenvalue weighted by Crippen LogP contribution is 2.31. The fraction of sp³-hybridized carbons (Fsp3) is 0.231. The van der Waals surface area contributed by atoms with Crippen LogP contribution < -0.4 is 11.1 Å². The smallest absolute Gasteiger partial charge is 0.270 e. The predicted octanol–water partition coefficient (Wildman–Crippen LogP) is 2.31. The highest BCUT2D eigenvalue weighted by Gasteiger charge is 2.32. The second-order valence-electron chi connectivity index (χ2n) is 9.11. The maximum absolute atomic E-state index is 13.2. The maximum atomic E-state index is 13.2. The van der Waals surface area contributed by atoms with Gasteiger partial charge in [0.05, 0.1) is 0 Å². The number of hydrogen-bond acceptors (Lipinski definition) is 8. The van der Waals surface area contributed by atoms with Crippen molar-refractivity contribution in [3.63, 3.8) is 0 Å². The van der Waals surface area contributed by atoms with Crippen LogP contribution in [0.15, 0.2) is 80.9 Å². The number of nitrogens with zero attached hydrogens (tertiary/aromatic N) is 2. The first-order valence-corrected chi connectivity index (χ1v) is 12.3. The molecule has 0 saturated heterocycles. The number of aliphatic hydroxyl groups excluding tert-OH is 2. The average Bonchev–Trinajstić information content (AvgIpc) is 3.48. The molecule has 3 aromatic rings. The highest BCUT2D eigenvalue weighted by atomic mass is 32.1. The number of thiol groups is 1. The van der Waals surface area contributed by atoms with Gasteiger partial charge in [0.25, 0.3) is 5.91 Å². The van der Waals surface area contributed by atoms with Gasteiger partial charge in [0.15, 0.2) is 5.09 Å². The van der Waals surface area contributed by atoms with Gasteiger partial charge in [-0.1, -0.05) is 0 Å². The summed E-state index contributed by atoms with van der Waals surface area (Å²) < 4.78 is 5.34. The summed E-state index contributed by atoms with van der Waals surface area (Å²) in [5.74, 6) is -3.18. The summed E-state index contributed by atoms with van der Waals surface area (Å²) in [6, 6.07) is 7.44. The van der Waals surface area contributed by atoms with E-state index in [0.29, 0.717) is 46.3 Å². The lowest BCUT2D eigenvalue weighted by Gasteiger charge is -2.29. The fourth-order valence-electron chi connectivity index (χ4n) is 4.61. The first-order chi connectivity index (χ1) is 18.2. The quantitative estimate of drug-likeness (QED) is 0.263. The Bertz CT molecular complexity index is 1500. The number of allylic oxidation sites excluding steroid dienone is 1. The number of hydrogen-bond donors (Lipinski definition) is 6. The van der Waals surface area contributed by atoms with Gasteiger partial charge < -0.3 is 35.6 Å². The van der Waals surface area contributed by atoms with Crippen LogP contribution in [0.3, 0.4) is 0 Å². The topological polar surface area (TPSA) is 175 Å². The molecule has 2 aliphatic rings. The number of carbonyl (C=O) groups is 3. The number of furan rings is 1. The van der Waals surface area contributed by atoms with Gasteiger partial charge in [-0.15, -0.1) is 12.6 Å². The molecule has 5 rings (SSSR count). The minimum Gasteiger partial charge on any atom is -0.511 e. The molecule has 0 aromatic carbocycles. The molecule has 38 heavy (non-hydrogen) atoms. The number of primary amides is 1. The second kappa shape index (κ2) is 10.1. The molecule has 0 bridgehead atoms. The molecular weight excluding hydrogens is 510 g/mol. The lowest BCUT2D eigenvalue weighted by Crippen LogP contribution is -2.47. The zero-order chi connectivity index (χ0) is 27.0. The SMILES string of the molecule is NC(=O)[C@H](Cc1ccc(S)o1)NC(=O)C1C=C(O)C2=C(C=C1O)CN(C(=O)c1cc3cccnc3[nH]1)CC2. The number of pyridine rings is 1. The van der Waals surface area contributed by atoms with Crippen LogP contribution in [0.25, 0.3) is 11.0 Å². The van der Waals surface area contributed by atoms with Crippen LogP contribution in [0.4, 0.5) is 0 Å². The number of aromatic nitrogens is 2. The van der Waals surface area contributed by atoms with Crippen LogP contribution >= 0.6 is 12.6 Å². The molecule has 11 nitrogen and oxygen atoms in total. The monoisotopic (exact) mass is 535 g/mol. The molecule has 0 saturated carbocycles. The molecule has 3 aromatic heterocycles. The molecule has 1 aliphatic heterocycles. The van der Waals surface area contributed by atoms with Crippen LogP contribution in [0.5, 0.6) is 0 Å². The van der Waals surface area contributed by atoms with Gasteiger partial charge in [0.2, 0.25) is 11.8 Å². The molecule has 0 spiro atoms. The summed E-state index contributed by atoms with van der Waals surface area (Å²) in [5, 5.41) is 25.3. The Morgan fingerprint density at radius 3 is 2.82 bits per heavy atom. The van der Waals surface area contributed by atoms with Crippen molar-refractivity contribution in [2.24, 2.45) is 11.7 Å². The van der Waals surface area contributed by atoms with Crippen molar-refractivity contribution in [1.29, 1.82) is 0 Å². The molecule has 2 atom stereocenters. The number of aromatic amines is 1. The molecule has 0 fully saturated rings. The normalized spacial score (nSPS) is 18.3. The Balaban J connectivity index is 1.32. The predicted molar refractivity (Wildman–Crippen MR) is 139 cm³/mol. The molecule has 0 radical (unpaired) electrons. The van der Waals surface area contributed by atoms with Crippen molar-refractivity contribution >= 4 is 41.4 Å².